The number of H-pyrrole nitrogens is 1. The first-order valence-corrected chi connectivity index (χ1v) is 9.01. The predicted octanol–water partition coefficient (Wildman–Crippen LogP) is 3.18. The van der Waals surface area contributed by atoms with Gasteiger partial charge >= 0.3 is 5.76 Å². The second-order valence-electron chi connectivity index (χ2n) is 5.53. The van der Waals surface area contributed by atoms with Crippen LogP contribution in [0.25, 0.3) is 22.5 Å². The molecule has 0 amide bonds. The summed E-state index contributed by atoms with van der Waals surface area (Å²) in [5.41, 5.74) is 2.33. The first-order valence-electron chi connectivity index (χ1n) is 8.02. The highest BCUT2D eigenvalue weighted by atomic mass is 32.2. The number of nitrogens with zero attached hydrogens (tertiary/aromatic N) is 3. The van der Waals surface area contributed by atoms with Crippen molar-refractivity contribution in [3.8, 4) is 17.1 Å². The summed E-state index contributed by atoms with van der Waals surface area (Å²) >= 11 is 1.48. The van der Waals surface area contributed by atoms with Gasteiger partial charge in [0.25, 0.3) is 0 Å². The summed E-state index contributed by atoms with van der Waals surface area (Å²) in [6, 6.07) is 15.0. The molecule has 0 bridgehead atoms. The van der Waals surface area contributed by atoms with E-state index >= 15 is 0 Å². The first kappa shape index (κ1) is 16.5. The largest absolute Gasteiger partial charge is 0.497 e. The number of ether oxygens (including phenoxy) is 1. The third kappa shape index (κ3) is 3.23. The van der Waals surface area contributed by atoms with Crippen molar-refractivity contribution >= 4 is 22.9 Å². The van der Waals surface area contributed by atoms with Crippen LogP contribution in [0.5, 0.6) is 5.75 Å². The van der Waals surface area contributed by atoms with Gasteiger partial charge in [0.1, 0.15) is 5.75 Å². The van der Waals surface area contributed by atoms with Crippen molar-refractivity contribution < 1.29 is 9.15 Å². The second kappa shape index (κ2) is 7.09. The van der Waals surface area contributed by atoms with Crippen molar-refractivity contribution in [2.45, 2.75) is 11.7 Å². The SMILES string of the molecule is COc1ccc(-c2nc(SCCn3c(=O)oc4ccccc43)n[nH]2)cc1. The van der Waals surface area contributed by atoms with Crippen LogP contribution in [0.3, 0.4) is 0 Å². The summed E-state index contributed by atoms with van der Waals surface area (Å²) in [5, 5.41) is 7.79. The maximum atomic E-state index is 12.0. The molecule has 1 N–H and O–H groups in total. The minimum absolute atomic E-state index is 0.347. The Labute approximate surface area is 153 Å². The van der Waals surface area contributed by atoms with Gasteiger partial charge in [0, 0.05) is 17.9 Å². The number of aromatic nitrogens is 4. The predicted molar refractivity (Wildman–Crippen MR) is 99.6 cm³/mol. The van der Waals surface area contributed by atoms with Gasteiger partial charge in [-0.25, -0.2) is 9.78 Å². The number of fused-ring (bicyclic) bond motifs is 1. The standard InChI is InChI=1S/C18H16N4O3S/c1-24-13-8-6-12(7-9-13)16-19-17(21-20-16)26-11-10-22-14-4-2-3-5-15(14)25-18(22)23/h2-9H,10-11H2,1H3,(H,19,20,21). The Morgan fingerprint density at radius 2 is 2.00 bits per heavy atom. The van der Waals surface area contributed by atoms with Crippen molar-refractivity contribution in [3.63, 3.8) is 0 Å². The molecule has 2 aromatic carbocycles. The third-order valence-electron chi connectivity index (χ3n) is 3.95. The van der Waals surface area contributed by atoms with E-state index in [9.17, 15) is 4.79 Å². The molecule has 0 saturated heterocycles. The minimum Gasteiger partial charge on any atom is -0.497 e. The van der Waals surface area contributed by atoms with Crippen molar-refractivity contribution in [2.75, 3.05) is 12.9 Å². The Bertz CT molecular complexity index is 1080. The lowest BCUT2D eigenvalue weighted by atomic mass is 10.2. The number of oxazole rings is 1. The number of aromatic amines is 1. The summed E-state index contributed by atoms with van der Waals surface area (Å²) in [5.74, 6) is 1.80. The average Bonchev–Trinajstić information content (AvgIpc) is 3.27. The van der Waals surface area contributed by atoms with Gasteiger partial charge in [0.15, 0.2) is 11.4 Å². The lowest BCUT2D eigenvalue weighted by Crippen LogP contribution is -2.15. The maximum Gasteiger partial charge on any atom is 0.419 e. The Hall–Kier alpha value is -3.00. The smallest absolute Gasteiger partial charge is 0.419 e. The molecule has 0 unspecified atom stereocenters. The van der Waals surface area contributed by atoms with Crippen molar-refractivity contribution in [2.24, 2.45) is 0 Å². The van der Waals surface area contributed by atoms with Crippen LogP contribution in [0, 0.1) is 0 Å². The molecule has 0 aliphatic carbocycles. The van der Waals surface area contributed by atoms with Crippen LogP contribution in [0.15, 0.2) is 62.9 Å². The maximum absolute atomic E-state index is 12.0. The molecule has 26 heavy (non-hydrogen) atoms. The molecule has 0 radical (unpaired) electrons. The highest BCUT2D eigenvalue weighted by Crippen LogP contribution is 2.22. The van der Waals surface area contributed by atoms with E-state index in [1.165, 1.54) is 11.8 Å². The molecular formula is C18H16N4O3S. The fourth-order valence-corrected chi connectivity index (χ4v) is 3.37. The lowest BCUT2D eigenvalue weighted by molar-refractivity contribution is 0.415. The fraction of sp³-hybridized carbons (Fsp3) is 0.167. The molecule has 8 heteroatoms. The van der Waals surface area contributed by atoms with Crippen molar-refractivity contribution in [1.82, 2.24) is 19.7 Å². The van der Waals surface area contributed by atoms with Gasteiger partial charge in [-0.3, -0.25) is 9.67 Å². The first-order chi connectivity index (χ1) is 12.7. The number of benzene rings is 2. The summed E-state index contributed by atoms with van der Waals surface area (Å²) in [6.45, 7) is 0.521. The Balaban J connectivity index is 1.43. The van der Waals surface area contributed by atoms with Crippen LogP contribution in [0.4, 0.5) is 0 Å². The van der Waals surface area contributed by atoms with Crippen LogP contribution < -0.4 is 10.5 Å². The molecule has 0 fully saturated rings. The molecule has 0 aliphatic heterocycles. The van der Waals surface area contributed by atoms with Gasteiger partial charge in [-0.1, -0.05) is 23.9 Å². The molecule has 2 heterocycles. The Morgan fingerprint density at radius 1 is 1.19 bits per heavy atom. The van der Waals surface area contributed by atoms with Gasteiger partial charge in [-0.2, -0.15) is 0 Å². The van der Waals surface area contributed by atoms with E-state index in [1.807, 2.05) is 42.5 Å². The number of hydrogen-bond acceptors (Lipinski definition) is 6. The molecule has 132 valence electrons. The lowest BCUT2D eigenvalue weighted by Gasteiger charge is -2.00. The van der Waals surface area contributed by atoms with Crippen LogP contribution in [0.1, 0.15) is 0 Å². The number of aryl methyl sites for hydroxylation is 1. The number of methoxy groups -OCH3 is 1. The Kier molecular flexibility index (Phi) is 4.49. The quantitative estimate of drug-likeness (QED) is 0.526. The summed E-state index contributed by atoms with van der Waals surface area (Å²) in [4.78, 5) is 16.4. The van der Waals surface area contributed by atoms with E-state index in [4.69, 9.17) is 9.15 Å². The van der Waals surface area contributed by atoms with Crippen LogP contribution in [0.2, 0.25) is 0 Å². The topological polar surface area (TPSA) is 85.9 Å². The van der Waals surface area contributed by atoms with Crippen molar-refractivity contribution in [1.29, 1.82) is 0 Å². The van der Waals surface area contributed by atoms with Crippen molar-refractivity contribution in [3.05, 3.63) is 59.1 Å². The zero-order chi connectivity index (χ0) is 17.9. The molecule has 0 spiro atoms. The number of nitrogens with one attached hydrogen (secondary N) is 1. The number of para-hydroxylation sites is 2. The third-order valence-corrected chi connectivity index (χ3v) is 4.78. The normalized spacial score (nSPS) is 11.1. The second-order valence-corrected chi connectivity index (χ2v) is 6.59. The van der Waals surface area contributed by atoms with Crippen LogP contribution in [-0.2, 0) is 6.54 Å². The van der Waals surface area contributed by atoms with E-state index in [1.54, 1.807) is 17.7 Å². The van der Waals surface area contributed by atoms with E-state index in [0.29, 0.717) is 28.9 Å². The molecule has 7 nitrogen and oxygen atoms in total. The molecule has 0 saturated carbocycles. The van der Waals surface area contributed by atoms with Gasteiger partial charge in [-0.05, 0) is 36.4 Å². The summed E-state index contributed by atoms with van der Waals surface area (Å²) in [7, 11) is 1.63. The van der Waals surface area contributed by atoms with Gasteiger partial charge < -0.3 is 9.15 Å². The zero-order valence-corrected chi connectivity index (χ0v) is 14.8. The highest BCUT2D eigenvalue weighted by molar-refractivity contribution is 7.99. The van der Waals surface area contributed by atoms with E-state index in [-0.39, 0.29) is 5.76 Å². The number of rotatable bonds is 6. The molecule has 0 atom stereocenters. The van der Waals surface area contributed by atoms with E-state index < -0.39 is 0 Å². The van der Waals surface area contributed by atoms with Gasteiger partial charge in [-0.15, -0.1) is 5.10 Å². The summed E-state index contributed by atoms with van der Waals surface area (Å²) < 4.78 is 12.0. The zero-order valence-electron chi connectivity index (χ0n) is 14.0. The average molecular weight is 368 g/mol. The van der Waals surface area contributed by atoms with Gasteiger partial charge in [0.2, 0.25) is 5.16 Å². The molecular weight excluding hydrogens is 352 g/mol. The molecule has 4 rings (SSSR count). The molecule has 0 aliphatic rings. The monoisotopic (exact) mass is 368 g/mol. The Morgan fingerprint density at radius 3 is 2.81 bits per heavy atom. The number of thioether (sulfide) groups is 1. The van der Waals surface area contributed by atoms with Crippen LogP contribution in [-0.4, -0.2) is 32.6 Å². The number of hydrogen-bond donors (Lipinski definition) is 1. The molecule has 4 aromatic rings. The molecule has 2 aromatic heterocycles. The van der Waals surface area contributed by atoms with Crippen LogP contribution >= 0.6 is 11.8 Å². The minimum atomic E-state index is -0.347. The van der Waals surface area contributed by atoms with E-state index in [0.717, 1.165) is 16.8 Å². The van der Waals surface area contributed by atoms with E-state index in [2.05, 4.69) is 15.2 Å². The van der Waals surface area contributed by atoms with Gasteiger partial charge in [0.05, 0.1) is 12.6 Å². The fourth-order valence-electron chi connectivity index (χ4n) is 2.64. The highest BCUT2D eigenvalue weighted by Gasteiger charge is 2.10. The summed E-state index contributed by atoms with van der Waals surface area (Å²) in [6.07, 6.45) is 0.